The minimum atomic E-state index is -2.55. The third-order valence-corrected chi connectivity index (χ3v) is 8.71. The molecule has 11 nitrogen and oxygen atoms in total. The van der Waals surface area contributed by atoms with Crippen LogP contribution in [0, 0.1) is 24.6 Å². The second-order valence-electron chi connectivity index (χ2n) is 11.7. The Hall–Kier alpha value is -4.13. The number of hydrogen-bond acceptors (Lipinski definition) is 10. The number of benzene rings is 2. The van der Waals surface area contributed by atoms with Crippen molar-refractivity contribution < 1.29 is 42.1 Å². The van der Waals surface area contributed by atoms with Crippen LogP contribution in [0.15, 0.2) is 36.5 Å². The molecule has 0 aliphatic carbocycles. The van der Waals surface area contributed by atoms with Crippen molar-refractivity contribution in [1.29, 1.82) is 0 Å². The predicted octanol–water partition coefficient (Wildman–Crippen LogP) is 7.98. The van der Waals surface area contributed by atoms with Crippen molar-refractivity contribution in [2.45, 2.75) is 52.7 Å². The van der Waals surface area contributed by atoms with Crippen LogP contribution in [0.4, 0.5) is 20.2 Å². The van der Waals surface area contributed by atoms with Gasteiger partial charge in [-0.2, -0.15) is 4.39 Å². The highest BCUT2D eigenvalue weighted by Gasteiger charge is 2.38. The van der Waals surface area contributed by atoms with Gasteiger partial charge in [-0.05, 0) is 46.6 Å². The van der Waals surface area contributed by atoms with E-state index in [1.54, 1.807) is 28.5 Å². The number of aryl methyl sites for hydroxylation is 1. The quantitative estimate of drug-likeness (QED) is 0.140. The molecule has 0 saturated carbocycles. The standard InChI is InChI=1S/C24H19F2N4O6PS.C10H22O/c1-10-28-13-4-5-16(33-2)20(21(13)38-10)23(32)30-15-9-27-19(34-3)6-11(15)22(31)29-14-8-18-17(7-12(14)25)35-24(26,37)36-18;1-5-6-9(2)7-10(3)8-11-4/h4-9H,37H2,1-3H3,(H,29,31)(H,30,32);9-10H,5-8H2,1-4H3. The SMILES string of the molecule is CCCC(C)CC(C)COC.COc1cc(C(=O)Nc2cc3c(cc2F)OC(F)(P)O3)c(NC(=O)c2c(OC)ccc3nc(C)sc23)cn1. The third kappa shape index (κ3) is 9.52. The number of thiazole rings is 1. The first-order valence-electron chi connectivity index (χ1n) is 15.6. The van der Waals surface area contributed by atoms with Gasteiger partial charge in [0, 0.05) is 31.9 Å². The van der Waals surface area contributed by atoms with Gasteiger partial charge >= 0.3 is 5.78 Å². The number of alkyl halides is 1. The molecule has 15 heteroatoms. The van der Waals surface area contributed by atoms with Gasteiger partial charge in [0.2, 0.25) is 5.88 Å². The number of carbonyl (C=O) groups is 2. The Labute approximate surface area is 290 Å². The van der Waals surface area contributed by atoms with Crippen LogP contribution in [0.5, 0.6) is 23.1 Å². The lowest BCUT2D eigenvalue weighted by Gasteiger charge is -2.15. The zero-order valence-electron chi connectivity index (χ0n) is 28.4. The number of halogens is 2. The summed E-state index contributed by atoms with van der Waals surface area (Å²) in [6.45, 7) is 9.56. The summed E-state index contributed by atoms with van der Waals surface area (Å²) in [5.74, 6) is -3.14. The fraction of sp³-hybridized carbons (Fsp3) is 0.412. The first kappa shape index (κ1) is 37.7. The van der Waals surface area contributed by atoms with Gasteiger partial charge in [0.15, 0.2) is 17.3 Å². The van der Waals surface area contributed by atoms with Crippen molar-refractivity contribution in [3.63, 3.8) is 0 Å². The van der Waals surface area contributed by atoms with E-state index in [4.69, 9.17) is 23.7 Å². The maximum atomic E-state index is 14.7. The Balaban J connectivity index is 0.000000424. The van der Waals surface area contributed by atoms with Crippen molar-refractivity contribution in [2.24, 2.45) is 11.8 Å². The van der Waals surface area contributed by atoms with Gasteiger partial charge in [0.25, 0.3) is 11.8 Å². The summed E-state index contributed by atoms with van der Waals surface area (Å²) in [5, 5.41) is 5.83. The molecule has 1 aliphatic heterocycles. The molecule has 49 heavy (non-hydrogen) atoms. The monoisotopic (exact) mass is 718 g/mol. The highest BCUT2D eigenvalue weighted by atomic mass is 32.1. The lowest BCUT2D eigenvalue weighted by Crippen LogP contribution is -2.23. The van der Waals surface area contributed by atoms with Crippen LogP contribution in [0.3, 0.4) is 0 Å². The van der Waals surface area contributed by atoms with Gasteiger partial charge in [0.1, 0.15) is 11.3 Å². The van der Waals surface area contributed by atoms with Crippen LogP contribution < -0.4 is 29.6 Å². The molecule has 2 aromatic carbocycles. The highest BCUT2D eigenvalue weighted by molar-refractivity contribution is 7.19. The fourth-order valence-corrected chi connectivity index (χ4v) is 6.65. The van der Waals surface area contributed by atoms with E-state index in [2.05, 4.69) is 41.4 Å². The number of ether oxygens (including phenoxy) is 5. The zero-order chi connectivity index (χ0) is 35.9. The number of nitrogens with one attached hydrogen (secondary N) is 2. The number of hydrogen-bond donors (Lipinski definition) is 2. The number of rotatable bonds is 12. The van der Waals surface area contributed by atoms with Gasteiger partial charge in [-0.3, -0.25) is 9.59 Å². The molecule has 1 aliphatic rings. The second-order valence-corrected chi connectivity index (χ2v) is 13.6. The third-order valence-electron chi connectivity index (χ3n) is 7.47. The van der Waals surface area contributed by atoms with E-state index in [1.165, 1.54) is 57.1 Å². The molecule has 5 rings (SSSR count). The molecule has 0 radical (unpaired) electrons. The zero-order valence-corrected chi connectivity index (χ0v) is 30.4. The van der Waals surface area contributed by atoms with Crippen molar-refractivity contribution >= 4 is 54.0 Å². The number of aromatic nitrogens is 2. The molecule has 264 valence electrons. The van der Waals surface area contributed by atoms with Crippen LogP contribution in [-0.4, -0.2) is 55.5 Å². The molecule has 2 N–H and O–H groups in total. The molecular weight excluding hydrogens is 677 g/mol. The Kier molecular flexibility index (Phi) is 12.7. The van der Waals surface area contributed by atoms with Crippen LogP contribution in [0.2, 0.25) is 0 Å². The van der Waals surface area contributed by atoms with Gasteiger partial charge in [-0.15, -0.1) is 11.3 Å². The van der Waals surface area contributed by atoms with Gasteiger partial charge in [-0.1, -0.05) is 33.6 Å². The van der Waals surface area contributed by atoms with E-state index >= 15 is 0 Å². The lowest BCUT2D eigenvalue weighted by atomic mass is 9.94. The molecule has 4 unspecified atom stereocenters. The summed E-state index contributed by atoms with van der Waals surface area (Å²) in [6, 6.07) is 6.62. The Morgan fingerprint density at radius 2 is 1.71 bits per heavy atom. The topological polar surface area (TPSA) is 130 Å². The van der Waals surface area contributed by atoms with Crippen LogP contribution in [0.1, 0.15) is 65.8 Å². The molecule has 4 atom stereocenters. The van der Waals surface area contributed by atoms with E-state index < -0.39 is 23.4 Å². The van der Waals surface area contributed by atoms with Crippen molar-refractivity contribution in [3.05, 3.63) is 58.5 Å². The number of carbonyl (C=O) groups excluding carboxylic acids is 2. The number of fused-ring (bicyclic) bond motifs is 2. The van der Waals surface area contributed by atoms with Crippen LogP contribution in [-0.2, 0) is 4.74 Å². The maximum Gasteiger partial charge on any atom is 0.418 e. The summed E-state index contributed by atoms with van der Waals surface area (Å²) in [6.07, 6.45) is 5.20. The number of amides is 2. The van der Waals surface area contributed by atoms with Gasteiger partial charge in [0.05, 0.1) is 52.6 Å². The number of anilines is 2. The van der Waals surface area contributed by atoms with E-state index in [1.807, 2.05) is 6.92 Å². The van der Waals surface area contributed by atoms with Crippen molar-refractivity contribution in [2.75, 3.05) is 38.6 Å². The smallest absolute Gasteiger partial charge is 0.418 e. The first-order chi connectivity index (χ1) is 23.3. The average Bonchev–Trinajstić information content (AvgIpc) is 3.57. The summed E-state index contributed by atoms with van der Waals surface area (Å²) in [4.78, 5) is 35.1. The minimum absolute atomic E-state index is 0.0162. The van der Waals surface area contributed by atoms with Crippen LogP contribution in [0.25, 0.3) is 10.2 Å². The Morgan fingerprint density at radius 1 is 1.02 bits per heavy atom. The Bertz CT molecular complexity index is 1800. The van der Waals surface area contributed by atoms with Gasteiger partial charge < -0.3 is 34.3 Å². The molecule has 0 saturated heterocycles. The number of methoxy groups -OCH3 is 3. The molecular formula is C34H41F2N4O7PS. The molecule has 0 fully saturated rings. The van der Waals surface area contributed by atoms with E-state index in [9.17, 15) is 18.4 Å². The largest absolute Gasteiger partial charge is 0.496 e. The summed E-state index contributed by atoms with van der Waals surface area (Å²) >= 11 is 1.32. The Morgan fingerprint density at radius 3 is 2.37 bits per heavy atom. The maximum absolute atomic E-state index is 14.7. The van der Waals surface area contributed by atoms with Gasteiger partial charge in [-0.25, -0.2) is 14.4 Å². The predicted molar refractivity (Wildman–Crippen MR) is 189 cm³/mol. The van der Waals surface area contributed by atoms with Crippen molar-refractivity contribution in [1.82, 2.24) is 9.97 Å². The normalized spacial score (nSPS) is 16.0. The van der Waals surface area contributed by atoms with E-state index in [0.717, 1.165) is 35.6 Å². The summed E-state index contributed by atoms with van der Waals surface area (Å²) in [7, 11) is 6.27. The molecule has 0 spiro atoms. The van der Waals surface area contributed by atoms with Crippen molar-refractivity contribution in [3.8, 4) is 23.1 Å². The average molecular weight is 719 g/mol. The second kappa shape index (κ2) is 16.5. The minimum Gasteiger partial charge on any atom is -0.496 e. The molecule has 3 heterocycles. The molecule has 2 aromatic heterocycles. The fourth-order valence-electron chi connectivity index (χ4n) is 5.44. The van der Waals surface area contributed by atoms with E-state index in [-0.39, 0.29) is 39.9 Å². The highest BCUT2D eigenvalue weighted by Crippen LogP contribution is 2.45. The van der Waals surface area contributed by atoms with Crippen LogP contribution >= 0.6 is 20.6 Å². The molecule has 2 amide bonds. The lowest BCUT2D eigenvalue weighted by molar-refractivity contribution is -0.104. The van der Waals surface area contributed by atoms with E-state index in [0.29, 0.717) is 16.0 Å². The summed E-state index contributed by atoms with van der Waals surface area (Å²) < 4.78 is 54.6. The summed E-state index contributed by atoms with van der Waals surface area (Å²) in [5.41, 5.74) is 0.471. The molecule has 0 bridgehead atoms. The first-order valence-corrected chi connectivity index (χ1v) is 17.0. The number of pyridine rings is 1. The number of nitrogens with zero attached hydrogens (tertiary/aromatic N) is 2. The molecule has 4 aromatic rings.